The van der Waals surface area contributed by atoms with E-state index in [1.807, 2.05) is 31.2 Å². The molecule has 0 N–H and O–H groups in total. The highest BCUT2D eigenvalue weighted by Crippen LogP contribution is 2.36. The van der Waals surface area contributed by atoms with Crippen LogP contribution in [-0.4, -0.2) is 0 Å². The Labute approximate surface area is 209 Å². The van der Waals surface area contributed by atoms with Gasteiger partial charge in [0.25, 0.3) is 0 Å². The molecule has 5 rings (SSSR count). The average molecular weight is 463 g/mol. The molecule has 0 heterocycles. The van der Waals surface area contributed by atoms with Gasteiger partial charge in [0, 0.05) is 5.56 Å². The van der Waals surface area contributed by atoms with E-state index in [1.165, 1.54) is 53.5 Å². The monoisotopic (exact) mass is 462 g/mol. The Morgan fingerprint density at radius 1 is 0.629 bits per heavy atom. The molecule has 0 bridgehead atoms. The van der Waals surface area contributed by atoms with Gasteiger partial charge in [-0.25, -0.2) is 4.39 Å². The van der Waals surface area contributed by atoms with Crippen LogP contribution in [0.2, 0.25) is 0 Å². The summed E-state index contributed by atoms with van der Waals surface area (Å²) in [6.07, 6.45) is 7.37. The summed E-state index contributed by atoms with van der Waals surface area (Å²) in [4.78, 5) is 0. The van der Waals surface area contributed by atoms with Gasteiger partial charge in [-0.2, -0.15) is 0 Å². The van der Waals surface area contributed by atoms with Crippen molar-refractivity contribution in [1.29, 1.82) is 0 Å². The Balaban J connectivity index is 1.18. The molecule has 1 heteroatoms. The SMILES string of the molecule is Cc1ccc(-c2ccc(CCc3ccc(-c4ccc(C5CCC(C)CC5)cc4)cc3)cc2)c(F)c1. The number of halogens is 1. The Hall–Kier alpha value is -3.19. The minimum Gasteiger partial charge on any atom is -0.206 e. The first-order chi connectivity index (χ1) is 17.0. The molecule has 1 aliphatic carbocycles. The lowest BCUT2D eigenvalue weighted by Gasteiger charge is -2.26. The second kappa shape index (κ2) is 10.6. The molecule has 178 valence electrons. The maximum Gasteiger partial charge on any atom is 0.131 e. The van der Waals surface area contributed by atoms with Gasteiger partial charge < -0.3 is 0 Å². The van der Waals surface area contributed by atoms with Gasteiger partial charge in [0.1, 0.15) is 5.82 Å². The summed E-state index contributed by atoms with van der Waals surface area (Å²) in [7, 11) is 0. The molecule has 35 heavy (non-hydrogen) atoms. The van der Waals surface area contributed by atoms with Crippen LogP contribution < -0.4 is 0 Å². The minimum absolute atomic E-state index is 0.156. The van der Waals surface area contributed by atoms with Crippen LogP contribution in [0.3, 0.4) is 0 Å². The molecule has 4 aromatic rings. The Kier molecular flexibility index (Phi) is 7.13. The average Bonchev–Trinajstić information content (AvgIpc) is 2.89. The van der Waals surface area contributed by atoms with Gasteiger partial charge in [0.05, 0.1) is 0 Å². The van der Waals surface area contributed by atoms with Crippen LogP contribution in [0.5, 0.6) is 0 Å². The van der Waals surface area contributed by atoms with Gasteiger partial charge >= 0.3 is 0 Å². The summed E-state index contributed by atoms with van der Waals surface area (Å²) in [5, 5.41) is 0. The molecule has 0 amide bonds. The summed E-state index contributed by atoms with van der Waals surface area (Å²) in [6.45, 7) is 4.30. The predicted octanol–water partition coefficient (Wildman–Crippen LogP) is 9.55. The van der Waals surface area contributed by atoms with E-state index < -0.39 is 0 Å². The quantitative estimate of drug-likeness (QED) is 0.268. The first-order valence-corrected chi connectivity index (χ1v) is 13.1. The second-order valence-electron chi connectivity index (χ2n) is 10.5. The van der Waals surface area contributed by atoms with Crippen molar-refractivity contribution in [3.8, 4) is 22.3 Å². The first-order valence-electron chi connectivity index (χ1n) is 13.1. The van der Waals surface area contributed by atoms with Gasteiger partial charge in [0.2, 0.25) is 0 Å². The summed E-state index contributed by atoms with van der Waals surface area (Å²) in [5.74, 6) is 1.48. The third-order valence-electron chi connectivity index (χ3n) is 7.78. The molecule has 0 aromatic heterocycles. The normalized spacial score (nSPS) is 17.9. The number of aryl methyl sites for hydroxylation is 3. The highest BCUT2D eigenvalue weighted by molar-refractivity contribution is 5.65. The van der Waals surface area contributed by atoms with Crippen LogP contribution in [0.1, 0.15) is 60.8 Å². The van der Waals surface area contributed by atoms with Crippen molar-refractivity contribution in [2.75, 3.05) is 0 Å². The second-order valence-corrected chi connectivity index (χ2v) is 10.5. The van der Waals surface area contributed by atoms with Crippen LogP contribution in [-0.2, 0) is 12.8 Å². The van der Waals surface area contributed by atoms with Crippen molar-refractivity contribution >= 4 is 0 Å². The molecule has 0 saturated heterocycles. The molecule has 1 aliphatic rings. The zero-order valence-electron chi connectivity index (χ0n) is 20.9. The van der Waals surface area contributed by atoms with Crippen LogP contribution in [0.25, 0.3) is 22.3 Å². The summed E-state index contributed by atoms with van der Waals surface area (Å²) in [5.41, 5.74) is 9.24. The molecule has 0 spiro atoms. The Bertz CT molecular complexity index is 1240. The fourth-order valence-electron chi connectivity index (χ4n) is 5.40. The zero-order chi connectivity index (χ0) is 24.2. The third kappa shape index (κ3) is 5.73. The standard InChI is InChI=1S/C34H35F/c1-24-3-12-28(13-4-24)30-18-20-31(21-19-30)29-14-8-26(9-15-29)6-7-27-10-16-32(17-11-27)33-22-5-25(2)23-34(33)35/h5,8-11,14-24,28H,3-4,6-7,12-13H2,1-2H3. The van der Waals surface area contributed by atoms with Crippen molar-refractivity contribution in [3.05, 3.63) is 119 Å². The maximum absolute atomic E-state index is 14.3. The van der Waals surface area contributed by atoms with E-state index in [-0.39, 0.29) is 5.82 Å². The summed E-state index contributed by atoms with van der Waals surface area (Å²) >= 11 is 0. The lowest BCUT2D eigenvalue weighted by molar-refractivity contribution is 0.348. The Morgan fingerprint density at radius 3 is 1.69 bits per heavy atom. The fourth-order valence-corrected chi connectivity index (χ4v) is 5.40. The first kappa shape index (κ1) is 23.5. The highest BCUT2D eigenvalue weighted by atomic mass is 19.1. The Morgan fingerprint density at radius 2 is 1.14 bits per heavy atom. The zero-order valence-corrected chi connectivity index (χ0v) is 20.9. The van der Waals surface area contributed by atoms with E-state index in [2.05, 4.69) is 67.6 Å². The van der Waals surface area contributed by atoms with Crippen molar-refractivity contribution in [2.45, 2.75) is 58.3 Å². The smallest absolute Gasteiger partial charge is 0.131 e. The number of rotatable bonds is 6. The molecule has 1 saturated carbocycles. The van der Waals surface area contributed by atoms with Gasteiger partial charge in [-0.15, -0.1) is 0 Å². The van der Waals surface area contributed by atoms with Gasteiger partial charge in [-0.3, -0.25) is 0 Å². The van der Waals surface area contributed by atoms with E-state index in [9.17, 15) is 4.39 Å². The van der Waals surface area contributed by atoms with Crippen molar-refractivity contribution in [3.63, 3.8) is 0 Å². The van der Waals surface area contributed by atoms with E-state index in [1.54, 1.807) is 6.07 Å². The van der Waals surface area contributed by atoms with Crippen LogP contribution in [0.4, 0.5) is 4.39 Å². The number of benzene rings is 4. The lowest BCUT2D eigenvalue weighted by Crippen LogP contribution is -2.10. The maximum atomic E-state index is 14.3. The molecule has 0 aliphatic heterocycles. The molecule has 0 radical (unpaired) electrons. The van der Waals surface area contributed by atoms with E-state index in [0.717, 1.165) is 35.8 Å². The molecule has 0 unspecified atom stereocenters. The number of hydrogen-bond acceptors (Lipinski definition) is 0. The van der Waals surface area contributed by atoms with Gasteiger partial charge in [-0.05, 0) is 89.5 Å². The molecule has 1 fully saturated rings. The van der Waals surface area contributed by atoms with Crippen LogP contribution in [0.15, 0.2) is 91.0 Å². The predicted molar refractivity (Wildman–Crippen MR) is 146 cm³/mol. The molecular formula is C34H35F. The summed E-state index contributed by atoms with van der Waals surface area (Å²) in [6, 6.07) is 32.0. The largest absolute Gasteiger partial charge is 0.206 e. The van der Waals surface area contributed by atoms with E-state index >= 15 is 0 Å². The minimum atomic E-state index is -0.156. The molecular weight excluding hydrogens is 427 g/mol. The van der Waals surface area contributed by atoms with Crippen molar-refractivity contribution < 1.29 is 4.39 Å². The summed E-state index contributed by atoms with van der Waals surface area (Å²) < 4.78 is 14.3. The molecule has 4 aromatic carbocycles. The van der Waals surface area contributed by atoms with Crippen LogP contribution in [0, 0.1) is 18.7 Å². The fraction of sp³-hybridized carbons (Fsp3) is 0.294. The van der Waals surface area contributed by atoms with Crippen molar-refractivity contribution in [2.24, 2.45) is 5.92 Å². The topological polar surface area (TPSA) is 0 Å². The highest BCUT2D eigenvalue weighted by Gasteiger charge is 2.19. The lowest BCUT2D eigenvalue weighted by atomic mass is 9.79. The van der Waals surface area contributed by atoms with Crippen molar-refractivity contribution in [1.82, 2.24) is 0 Å². The third-order valence-corrected chi connectivity index (χ3v) is 7.78. The molecule has 0 atom stereocenters. The van der Waals surface area contributed by atoms with E-state index in [4.69, 9.17) is 0 Å². The van der Waals surface area contributed by atoms with Crippen LogP contribution >= 0.6 is 0 Å². The van der Waals surface area contributed by atoms with E-state index in [0.29, 0.717) is 5.56 Å². The van der Waals surface area contributed by atoms with Gasteiger partial charge in [-0.1, -0.05) is 105 Å². The number of hydrogen-bond donors (Lipinski definition) is 0. The van der Waals surface area contributed by atoms with Gasteiger partial charge in [0.15, 0.2) is 0 Å². The molecule has 0 nitrogen and oxygen atoms in total.